The van der Waals surface area contributed by atoms with Gasteiger partial charge < -0.3 is 19.4 Å². The largest absolute Gasteiger partial charge is 0.497 e. The van der Waals surface area contributed by atoms with E-state index in [1.165, 1.54) is 20.4 Å². The average molecular weight is 390 g/mol. The monoisotopic (exact) mass is 390 g/mol. The van der Waals surface area contributed by atoms with Gasteiger partial charge in [0.05, 0.1) is 25.5 Å². The van der Waals surface area contributed by atoms with Crippen molar-refractivity contribution < 1.29 is 18.4 Å². The van der Waals surface area contributed by atoms with Crippen LogP contribution in [0.5, 0.6) is 11.5 Å². The van der Waals surface area contributed by atoms with Crippen LogP contribution >= 0.6 is 0 Å². The van der Waals surface area contributed by atoms with Gasteiger partial charge in [-0.05, 0) is 17.7 Å². The molecule has 4 rings (SSSR count). The van der Waals surface area contributed by atoms with E-state index in [4.69, 9.17) is 13.6 Å². The number of nitrogens with one attached hydrogen (secondary N) is 1. The van der Waals surface area contributed by atoms with Crippen LogP contribution in [0.2, 0.25) is 0 Å². The summed E-state index contributed by atoms with van der Waals surface area (Å²) in [7, 11) is 3.03. The molecule has 4 aromatic rings. The number of anilines is 1. The zero-order valence-electron chi connectivity index (χ0n) is 19.0. The van der Waals surface area contributed by atoms with Crippen LogP contribution < -0.4 is 14.8 Å². The molecule has 2 aromatic carbocycles. The standard InChI is InChI=1S/C23H21N3O3/c1-26-21(15-8-5-4-6-9-15)20(19-10-7-11-24-22(19)26)23(27)25-16-12-17(28-2)14-18(13-16)29-3/h4-14H,1-3H3,(H,25,27)/i1D3. The van der Waals surface area contributed by atoms with Crippen molar-refractivity contribution in [3.05, 3.63) is 72.4 Å². The Bertz CT molecular complexity index is 1260. The van der Waals surface area contributed by atoms with Gasteiger partial charge in [0.15, 0.2) is 0 Å². The molecule has 6 heteroatoms. The Labute approximate surface area is 172 Å². The molecule has 29 heavy (non-hydrogen) atoms. The third kappa shape index (κ3) is 3.40. The number of hydrogen-bond acceptors (Lipinski definition) is 4. The molecule has 0 spiro atoms. The van der Waals surface area contributed by atoms with Gasteiger partial charge in [0.1, 0.15) is 17.1 Å². The Kier molecular flexibility index (Phi) is 4.01. The van der Waals surface area contributed by atoms with Gasteiger partial charge in [0.25, 0.3) is 5.91 Å². The first kappa shape index (κ1) is 15.2. The van der Waals surface area contributed by atoms with Crippen LogP contribution in [0.4, 0.5) is 5.69 Å². The summed E-state index contributed by atoms with van der Waals surface area (Å²) in [5, 5.41) is 3.29. The molecule has 2 aromatic heterocycles. The van der Waals surface area contributed by atoms with Gasteiger partial charge in [0.2, 0.25) is 0 Å². The van der Waals surface area contributed by atoms with Gasteiger partial charge >= 0.3 is 0 Å². The molecule has 6 nitrogen and oxygen atoms in total. The molecule has 1 amide bonds. The molecule has 0 radical (unpaired) electrons. The number of aromatic nitrogens is 2. The minimum Gasteiger partial charge on any atom is -0.497 e. The summed E-state index contributed by atoms with van der Waals surface area (Å²) < 4.78 is 36.0. The third-order valence-corrected chi connectivity index (χ3v) is 4.61. The van der Waals surface area contributed by atoms with E-state index >= 15 is 0 Å². The Balaban J connectivity index is 1.94. The molecule has 0 saturated heterocycles. The highest BCUT2D eigenvalue weighted by molar-refractivity contribution is 6.17. The zero-order chi connectivity index (χ0) is 22.9. The maximum atomic E-state index is 13.5. The van der Waals surface area contributed by atoms with Crippen LogP contribution in [0.1, 0.15) is 14.5 Å². The van der Waals surface area contributed by atoms with Gasteiger partial charge in [-0.15, -0.1) is 0 Å². The number of nitrogens with zero attached hydrogens (tertiary/aromatic N) is 2. The second-order valence-corrected chi connectivity index (χ2v) is 6.36. The maximum Gasteiger partial charge on any atom is 0.258 e. The number of benzene rings is 2. The number of amides is 1. The lowest BCUT2D eigenvalue weighted by Crippen LogP contribution is -2.13. The Morgan fingerprint density at radius 2 is 1.76 bits per heavy atom. The van der Waals surface area contributed by atoms with Crippen molar-refractivity contribution in [3.8, 4) is 22.8 Å². The topological polar surface area (TPSA) is 65.4 Å². The highest BCUT2D eigenvalue weighted by atomic mass is 16.5. The van der Waals surface area contributed by atoms with Gasteiger partial charge in [-0.3, -0.25) is 4.79 Å². The van der Waals surface area contributed by atoms with E-state index in [-0.39, 0.29) is 16.9 Å². The fourth-order valence-electron chi connectivity index (χ4n) is 3.29. The number of carbonyl (C=O) groups excluding carboxylic acids is 1. The van der Waals surface area contributed by atoms with Crippen molar-refractivity contribution >= 4 is 22.6 Å². The van der Waals surface area contributed by atoms with Crippen LogP contribution in [-0.4, -0.2) is 29.7 Å². The second-order valence-electron chi connectivity index (χ2n) is 6.36. The van der Waals surface area contributed by atoms with Gasteiger partial charge in [-0.2, -0.15) is 0 Å². The summed E-state index contributed by atoms with van der Waals surface area (Å²) in [5.74, 6) is 0.546. The number of hydrogen-bond donors (Lipinski definition) is 1. The number of ether oxygens (including phenoxy) is 2. The minimum absolute atomic E-state index is 0.208. The molecular formula is C23H21N3O3. The summed E-state index contributed by atoms with van der Waals surface area (Å²) in [6, 6.07) is 17.3. The van der Waals surface area contributed by atoms with Crippen molar-refractivity contribution in [1.82, 2.24) is 9.55 Å². The second kappa shape index (κ2) is 7.67. The van der Waals surface area contributed by atoms with Gasteiger partial charge in [0, 0.05) is 46.6 Å². The number of methoxy groups -OCH3 is 2. The molecule has 0 aliphatic carbocycles. The fraction of sp³-hybridized carbons (Fsp3) is 0.130. The lowest BCUT2D eigenvalue weighted by Gasteiger charge is -2.11. The van der Waals surface area contributed by atoms with Crippen LogP contribution in [-0.2, 0) is 6.98 Å². The first-order chi connectivity index (χ1) is 15.3. The van der Waals surface area contributed by atoms with Crippen molar-refractivity contribution in [2.45, 2.75) is 0 Å². The van der Waals surface area contributed by atoms with E-state index in [1.807, 2.05) is 6.07 Å². The molecule has 146 valence electrons. The molecule has 0 fully saturated rings. The number of aryl methyl sites for hydroxylation is 1. The van der Waals surface area contributed by atoms with Crippen LogP contribution in [0.25, 0.3) is 22.3 Å². The lowest BCUT2D eigenvalue weighted by molar-refractivity contribution is 0.102. The number of carbonyl (C=O) groups is 1. The highest BCUT2D eigenvalue weighted by Gasteiger charge is 2.23. The summed E-state index contributed by atoms with van der Waals surface area (Å²) in [6.07, 6.45) is 1.51. The van der Waals surface area contributed by atoms with E-state index < -0.39 is 12.9 Å². The zero-order valence-corrected chi connectivity index (χ0v) is 16.0. The maximum absolute atomic E-state index is 13.5. The van der Waals surface area contributed by atoms with E-state index in [9.17, 15) is 4.79 Å². The minimum atomic E-state index is -2.55. The van der Waals surface area contributed by atoms with Gasteiger partial charge in [-0.1, -0.05) is 30.3 Å². The van der Waals surface area contributed by atoms with Gasteiger partial charge in [-0.25, -0.2) is 4.98 Å². The molecular weight excluding hydrogens is 366 g/mol. The molecule has 0 atom stereocenters. The quantitative estimate of drug-likeness (QED) is 0.545. The number of fused-ring (bicyclic) bond motifs is 1. The third-order valence-electron chi connectivity index (χ3n) is 4.61. The predicted molar refractivity (Wildman–Crippen MR) is 114 cm³/mol. The Hall–Kier alpha value is -3.80. The summed E-state index contributed by atoms with van der Waals surface area (Å²) in [4.78, 5) is 17.8. The van der Waals surface area contributed by atoms with Crippen LogP contribution in [0.15, 0.2) is 66.9 Å². The Morgan fingerprint density at radius 1 is 1.03 bits per heavy atom. The molecule has 0 aliphatic heterocycles. The first-order valence-electron chi connectivity index (χ1n) is 10.4. The molecule has 0 saturated carbocycles. The molecule has 0 unspecified atom stereocenters. The van der Waals surface area contributed by atoms with E-state index in [1.54, 1.807) is 54.6 Å². The summed E-state index contributed by atoms with van der Waals surface area (Å²) in [5.41, 5.74) is 1.74. The average Bonchev–Trinajstić information content (AvgIpc) is 3.15. The van der Waals surface area contributed by atoms with E-state index in [2.05, 4.69) is 10.3 Å². The van der Waals surface area contributed by atoms with E-state index in [0.29, 0.717) is 28.1 Å². The Morgan fingerprint density at radius 3 is 2.41 bits per heavy atom. The van der Waals surface area contributed by atoms with Crippen molar-refractivity contribution in [1.29, 1.82) is 0 Å². The highest BCUT2D eigenvalue weighted by Crippen LogP contribution is 2.33. The molecule has 1 N–H and O–H groups in total. The van der Waals surface area contributed by atoms with Crippen LogP contribution in [0.3, 0.4) is 0 Å². The SMILES string of the molecule is [2H]C([2H])([2H])n1c(-c2ccccc2)c(C(=O)Nc2cc(OC)cc(OC)c2)c2cccnc21. The molecule has 2 heterocycles. The first-order valence-corrected chi connectivity index (χ1v) is 8.93. The molecule has 0 bridgehead atoms. The predicted octanol–water partition coefficient (Wildman–Crippen LogP) is 4.51. The van der Waals surface area contributed by atoms with Crippen molar-refractivity contribution in [3.63, 3.8) is 0 Å². The number of rotatable bonds is 5. The molecule has 0 aliphatic rings. The van der Waals surface area contributed by atoms with Crippen molar-refractivity contribution in [2.75, 3.05) is 19.5 Å². The summed E-state index contributed by atoms with van der Waals surface area (Å²) >= 11 is 0. The van der Waals surface area contributed by atoms with Crippen molar-refractivity contribution in [2.24, 2.45) is 6.98 Å². The number of pyridine rings is 1. The fourth-order valence-corrected chi connectivity index (χ4v) is 3.29. The summed E-state index contributed by atoms with van der Waals surface area (Å²) in [6.45, 7) is -2.55. The lowest BCUT2D eigenvalue weighted by atomic mass is 10.0. The normalized spacial score (nSPS) is 12.7. The smallest absolute Gasteiger partial charge is 0.258 e. The van der Waals surface area contributed by atoms with E-state index in [0.717, 1.165) is 4.57 Å². The van der Waals surface area contributed by atoms with Crippen LogP contribution in [0, 0.1) is 0 Å².